The summed E-state index contributed by atoms with van der Waals surface area (Å²) in [6.45, 7) is 5.33. The lowest BCUT2D eigenvalue weighted by molar-refractivity contribution is -0.114. The van der Waals surface area contributed by atoms with Crippen LogP contribution in [0.5, 0.6) is 5.75 Å². The summed E-state index contributed by atoms with van der Waals surface area (Å²) in [6.07, 6.45) is 2.14. The van der Waals surface area contributed by atoms with Crippen LogP contribution in [-0.2, 0) is 16.1 Å². The van der Waals surface area contributed by atoms with Crippen LogP contribution in [0.15, 0.2) is 24.3 Å². The van der Waals surface area contributed by atoms with Crippen LogP contribution in [-0.4, -0.2) is 36.8 Å². The molecule has 1 aliphatic rings. The monoisotopic (exact) mass is 382 g/mol. The van der Waals surface area contributed by atoms with E-state index in [9.17, 15) is 10.1 Å². The maximum absolute atomic E-state index is 12.6. The zero-order valence-electron chi connectivity index (χ0n) is 16.5. The zero-order valence-corrected chi connectivity index (χ0v) is 16.5. The number of methoxy groups -OCH3 is 1. The van der Waals surface area contributed by atoms with Crippen molar-refractivity contribution in [3.05, 3.63) is 41.1 Å². The van der Waals surface area contributed by atoms with Gasteiger partial charge < -0.3 is 24.7 Å². The van der Waals surface area contributed by atoms with Crippen molar-refractivity contribution in [2.45, 2.75) is 39.3 Å². The average Bonchev–Trinajstić information content (AvgIpc) is 3.29. The fraction of sp³-hybridized carbons (Fsp3) is 0.429. The third kappa shape index (κ3) is 4.12. The van der Waals surface area contributed by atoms with Crippen molar-refractivity contribution in [2.24, 2.45) is 0 Å². The first-order valence-electron chi connectivity index (χ1n) is 9.43. The molecule has 0 spiro atoms. The van der Waals surface area contributed by atoms with Crippen LogP contribution in [0.4, 0.5) is 11.5 Å². The Morgan fingerprint density at radius 3 is 2.86 bits per heavy atom. The Morgan fingerprint density at radius 1 is 1.39 bits per heavy atom. The number of ether oxygens (including phenoxy) is 2. The van der Waals surface area contributed by atoms with Crippen LogP contribution in [0.3, 0.4) is 0 Å². The van der Waals surface area contributed by atoms with Crippen molar-refractivity contribution in [1.29, 1.82) is 5.26 Å². The average molecular weight is 382 g/mol. The topological polar surface area (TPSA) is 88.3 Å². The van der Waals surface area contributed by atoms with Gasteiger partial charge in [-0.2, -0.15) is 5.26 Å². The molecule has 3 rings (SSSR count). The summed E-state index contributed by atoms with van der Waals surface area (Å²) in [5.41, 5.74) is 3.09. The summed E-state index contributed by atoms with van der Waals surface area (Å²) < 4.78 is 13.0. The number of rotatable bonds is 7. The summed E-state index contributed by atoms with van der Waals surface area (Å²) in [4.78, 5) is 12.6. The molecule has 148 valence electrons. The van der Waals surface area contributed by atoms with Gasteiger partial charge in [-0.3, -0.25) is 4.79 Å². The molecule has 1 aromatic carbocycles. The van der Waals surface area contributed by atoms with Gasteiger partial charge in [0.2, 0.25) is 5.91 Å². The molecule has 0 unspecified atom stereocenters. The lowest BCUT2D eigenvalue weighted by atomic mass is 10.2. The van der Waals surface area contributed by atoms with Crippen LogP contribution in [0.1, 0.15) is 29.7 Å². The highest BCUT2D eigenvalue weighted by atomic mass is 16.5. The van der Waals surface area contributed by atoms with Gasteiger partial charge in [0.25, 0.3) is 0 Å². The van der Waals surface area contributed by atoms with Gasteiger partial charge in [0.05, 0.1) is 37.6 Å². The van der Waals surface area contributed by atoms with E-state index in [1.54, 1.807) is 7.11 Å². The van der Waals surface area contributed by atoms with E-state index in [0.717, 1.165) is 36.4 Å². The molecule has 0 radical (unpaired) electrons. The van der Waals surface area contributed by atoms with Crippen LogP contribution in [0, 0.1) is 25.2 Å². The van der Waals surface area contributed by atoms with E-state index < -0.39 is 0 Å². The smallest absolute Gasteiger partial charge is 0.244 e. The van der Waals surface area contributed by atoms with E-state index in [2.05, 4.69) is 16.7 Å². The number of nitriles is 1. The third-order valence-electron chi connectivity index (χ3n) is 5.16. The quantitative estimate of drug-likeness (QED) is 0.768. The molecular weight excluding hydrogens is 356 g/mol. The molecule has 0 bridgehead atoms. The number of aromatic nitrogens is 1. The first-order chi connectivity index (χ1) is 13.5. The molecule has 2 aromatic rings. The number of benzene rings is 1. The standard InChI is InChI=1S/C21H26N4O3/c1-14-15(2)25(13-16-7-6-10-28-16)21(17(14)11-22)24-20(26)12-23-18-8-4-5-9-19(18)27-3/h4-5,8-9,16,23H,6-7,10,12-13H2,1-3H3,(H,24,26)/t16-/m0/s1. The number of amides is 1. The Bertz CT molecular complexity index is 892. The van der Waals surface area contributed by atoms with Gasteiger partial charge >= 0.3 is 0 Å². The Kier molecular flexibility index (Phi) is 6.22. The van der Waals surface area contributed by atoms with Gasteiger partial charge in [-0.05, 0) is 44.4 Å². The van der Waals surface area contributed by atoms with E-state index in [-0.39, 0.29) is 18.6 Å². The second-order valence-corrected chi connectivity index (χ2v) is 6.89. The Morgan fingerprint density at radius 2 is 2.18 bits per heavy atom. The van der Waals surface area contributed by atoms with E-state index in [1.807, 2.05) is 42.7 Å². The molecule has 1 saturated heterocycles. The van der Waals surface area contributed by atoms with E-state index in [4.69, 9.17) is 9.47 Å². The van der Waals surface area contributed by atoms with Crippen molar-refractivity contribution in [2.75, 3.05) is 30.9 Å². The largest absolute Gasteiger partial charge is 0.495 e. The number of nitrogens with one attached hydrogen (secondary N) is 2. The Balaban J connectivity index is 1.75. The second-order valence-electron chi connectivity index (χ2n) is 6.89. The minimum Gasteiger partial charge on any atom is -0.495 e. The summed E-state index contributed by atoms with van der Waals surface area (Å²) >= 11 is 0. The maximum Gasteiger partial charge on any atom is 0.244 e. The number of nitrogens with zero attached hydrogens (tertiary/aromatic N) is 2. The minimum absolute atomic E-state index is 0.0639. The first-order valence-corrected chi connectivity index (χ1v) is 9.43. The third-order valence-corrected chi connectivity index (χ3v) is 5.16. The number of hydrogen-bond donors (Lipinski definition) is 2. The summed E-state index contributed by atoms with van der Waals surface area (Å²) in [6, 6.07) is 9.64. The zero-order chi connectivity index (χ0) is 20.1. The van der Waals surface area contributed by atoms with Gasteiger partial charge in [-0.15, -0.1) is 0 Å². The van der Waals surface area contributed by atoms with Gasteiger partial charge in [-0.25, -0.2) is 0 Å². The van der Waals surface area contributed by atoms with Crippen molar-refractivity contribution in [1.82, 2.24) is 4.57 Å². The highest BCUT2D eigenvalue weighted by molar-refractivity contribution is 5.94. The molecule has 1 aliphatic heterocycles. The first kappa shape index (κ1) is 19.8. The van der Waals surface area contributed by atoms with Gasteiger partial charge in [0.15, 0.2) is 0 Å². The number of carbonyl (C=O) groups is 1. The number of anilines is 2. The van der Waals surface area contributed by atoms with Gasteiger partial charge in [0.1, 0.15) is 17.6 Å². The summed E-state index contributed by atoms with van der Waals surface area (Å²) in [5.74, 6) is 0.981. The molecule has 1 fully saturated rings. The van der Waals surface area contributed by atoms with E-state index in [0.29, 0.717) is 23.7 Å². The second kappa shape index (κ2) is 8.81. The molecule has 0 aliphatic carbocycles. The van der Waals surface area contributed by atoms with Crippen molar-refractivity contribution in [3.8, 4) is 11.8 Å². The molecule has 7 heteroatoms. The highest BCUT2D eigenvalue weighted by Crippen LogP contribution is 2.28. The van der Waals surface area contributed by atoms with Crippen molar-refractivity contribution >= 4 is 17.4 Å². The highest BCUT2D eigenvalue weighted by Gasteiger charge is 2.23. The molecule has 2 N–H and O–H groups in total. The van der Waals surface area contributed by atoms with Crippen molar-refractivity contribution in [3.63, 3.8) is 0 Å². The van der Waals surface area contributed by atoms with Gasteiger partial charge in [-0.1, -0.05) is 12.1 Å². The maximum atomic E-state index is 12.6. The molecule has 2 heterocycles. The van der Waals surface area contributed by atoms with Crippen LogP contribution < -0.4 is 15.4 Å². The molecule has 1 atom stereocenters. The SMILES string of the molecule is COc1ccccc1NCC(=O)Nc1c(C#N)c(C)c(C)n1C[C@@H]1CCCO1. The van der Waals surface area contributed by atoms with Crippen molar-refractivity contribution < 1.29 is 14.3 Å². The molecule has 1 amide bonds. The number of para-hydroxylation sites is 2. The molecular formula is C21H26N4O3. The fourth-order valence-corrected chi connectivity index (χ4v) is 3.49. The van der Waals surface area contributed by atoms with Crippen LogP contribution in [0.2, 0.25) is 0 Å². The minimum atomic E-state index is -0.228. The molecule has 1 aromatic heterocycles. The number of carbonyl (C=O) groups excluding carboxylic acids is 1. The molecule has 7 nitrogen and oxygen atoms in total. The summed E-state index contributed by atoms with van der Waals surface area (Å²) in [5, 5.41) is 15.6. The van der Waals surface area contributed by atoms with E-state index >= 15 is 0 Å². The number of hydrogen-bond acceptors (Lipinski definition) is 5. The Labute approximate surface area is 165 Å². The lowest BCUT2D eigenvalue weighted by Crippen LogP contribution is -2.25. The van der Waals surface area contributed by atoms with Gasteiger partial charge in [0, 0.05) is 12.3 Å². The summed E-state index contributed by atoms with van der Waals surface area (Å²) in [7, 11) is 1.59. The van der Waals surface area contributed by atoms with Crippen LogP contribution >= 0.6 is 0 Å². The molecule has 0 saturated carbocycles. The van der Waals surface area contributed by atoms with Crippen LogP contribution in [0.25, 0.3) is 0 Å². The predicted molar refractivity (Wildman–Crippen MR) is 108 cm³/mol. The Hall–Kier alpha value is -2.98. The normalized spacial score (nSPS) is 15.9. The fourth-order valence-electron chi connectivity index (χ4n) is 3.49. The molecule has 28 heavy (non-hydrogen) atoms. The lowest BCUT2D eigenvalue weighted by Gasteiger charge is -2.17. The van der Waals surface area contributed by atoms with E-state index in [1.165, 1.54) is 0 Å². The predicted octanol–water partition coefficient (Wildman–Crippen LogP) is 3.21.